The number of amides is 1. The van der Waals surface area contributed by atoms with Crippen LogP contribution in [0, 0.1) is 11.6 Å². The van der Waals surface area contributed by atoms with Crippen LogP contribution in [0.1, 0.15) is 16.1 Å². The smallest absolute Gasteiger partial charge is 0.269 e. The number of anilines is 1. The van der Waals surface area contributed by atoms with E-state index in [1.807, 2.05) is 6.07 Å². The van der Waals surface area contributed by atoms with Crippen LogP contribution in [0.3, 0.4) is 0 Å². The molecule has 0 aliphatic carbocycles. The van der Waals surface area contributed by atoms with E-state index in [0.29, 0.717) is 24.5 Å². The first kappa shape index (κ1) is 17.3. The summed E-state index contributed by atoms with van der Waals surface area (Å²) in [6.07, 6.45) is 1.88. The average molecular weight is 347 g/mol. The van der Waals surface area contributed by atoms with Crippen molar-refractivity contribution >= 4 is 11.6 Å². The number of ether oxygens (including phenoxy) is 1. The molecule has 1 saturated heterocycles. The molecular formula is C18H19F2N3O2. The summed E-state index contributed by atoms with van der Waals surface area (Å²) in [5.41, 5.74) is 1.59. The molecule has 7 heteroatoms. The number of nitrogens with zero attached hydrogens (tertiary/aromatic N) is 2. The van der Waals surface area contributed by atoms with Crippen molar-refractivity contribution in [3.63, 3.8) is 0 Å². The van der Waals surface area contributed by atoms with Gasteiger partial charge in [-0.1, -0.05) is 6.07 Å². The van der Waals surface area contributed by atoms with Gasteiger partial charge in [0.05, 0.1) is 13.2 Å². The molecule has 0 bridgehead atoms. The molecule has 2 aromatic rings. The summed E-state index contributed by atoms with van der Waals surface area (Å²) in [6.45, 7) is 3.11. The normalized spacial score (nSPS) is 14.4. The van der Waals surface area contributed by atoms with E-state index in [4.69, 9.17) is 4.74 Å². The topological polar surface area (TPSA) is 54.5 Å². The molecular weight excluding hydrogens is 328 g/mol. The molecule has 0 spiro atoms. The maximum absolute atomic E-state index is 13.6. The average Bonchev–Trinajstić information content (AvgIpc) is 2.64. The van der Waals surface area contributed by atoms with Crippen molar-refractivity contribution in [1.82, 2.24) is 10.3 Å². The molecule has 0 atom stereocenters. The Morgan fingerprint density at radius 2 is 2.00 bits per heavy atom. The van der Waals surface area contributed by atoms with Crippen LogP contribution in [0.25, 0.3) is 0 Å². The van der Waals surface area contributed by atoms with Crippen molar-refractivity contribution in [1.29, 1.82) is 0 Å². The predicted octanol–water partition coefficient (Wildman–Crippen LogP) is 2.17. The van der Waals surface area contributed by atoms with Gasteiger partial charge in [0.2, 0.25) is 0 Å². The van der Waals surface area contributed by atoms with Crippen molar-refractivity contribution in [2.75, 3.05) is 37.7 Å². The summed E-state index contributed by atoms with van der Waals surface area (Å²) in [5.74, 6) is -1.55. The summed E-state index contributed by atoms with van der Waals surface area (Å²) >= 11 is 0. The van der Waals surface area contributed by atoms with Crippen LogP contribution < -0.4 is 10.2 Å². The monoisotopic (exact) mass is 347 g/mol. The van der Waals surface area contributed by atoms with Gasteiger partial charge in [0.25, 0.3) is 5.91 Å². The lowest BCUT2D eigenvalue weighted by molar-refractivity contribution is 0.0949. The molecule has 1 aliphatic rings. The van der Waals surface area contributed by atoms with Crippen molar-refractivity contribution in [3.8, 4) is 0 Å². The first-order chi connectivity index (χ1) is 12.1. The lowest BCUT2D eigenvalue weighted by Gasteiger charge is -2.28. The molecule has 25 heavy (non-hydrogen) atoms. The van der Waals surface area contributed by atoms with Gasteiger partial charge >= 0.3 is 0 Å². The number of nitrogens with one attached hydrogen (secondary N) is 1. The van der Waals surface area contributed by atoms with Gasteiger partial charge in [0.1, 0.15) is 17.3 Å². The van der Waals surface area contributed by atoms with E-state index >= 15 is 0 Å². The highest BCUT2D eigenvalue weighted by Gasteiger charge is 2.14. The number of hydrogen-bond donors (Lipinski definition) is 1. The quantitative estimate of drug-likeness (QED) is 0.901. The summed E-state index contributed by atoms with van der Waals surface area (Å²) in [5, 5.41) is 2.71. The van der Waals surface area contributed by atoms with Crippen LogP contribution in [0.15, 0.2) is 36.5 Å². The van der Waals surface area contributed by atoms with E-state index < -0.39 is 11.6 Å². The molecule has 0 saturated carbocycles. The van der Waals surface area contributed by atoms with Gasteiger partial charge in [-0.2, -0.15) is 0 Å². The zero-order valence-corrected chi connectivity index (χ0v) is 13.7. The first-order valence-electron chi connectivity index (χ1n) is 8.14. The molecule has 2 heterocycles. The molecule has 1 fully saturated rings. The molecule has 1 aliphatic heterocycles. The van der Waals surface area contributed by atoms with Gasteiger partial charge in [-0.15, -0.1) is 0 Å². The summed E-state index contributed by atoms with van der Waals surface area (Å²) in [7, 11) is 0. The first-order valence-corrected chi connectivity index (χ1v) is 8.14. The third kappa shape index (κ3) is 4.51. The van der Waals surface area contributed by atoms with Crippen LogP contribution in [-0.4, -0.2) is 43.7 Å². The number of aromatic nitrogens is 1. The Morgan fingerprint density at radius 3 is 2.76 bits per heavy atom. The second-order valence-corrected chi connectivity index (χ2v) is 5.74. The Bertz CT molecular complexity index is 749. The third-order valence-corrected chi connectivity index (χ3v) is 4.05. The number of halogens is 2. The van der Waals surface area contributed by atoms with Crippen molar-refractivity contribution in [3.05, 3.63) is 59.4 Å². The number of benzene rings is 1. The van der Waals surface area contributed by atoms with E-state index in [1.165, 1.54) is 12.1 Å². The maximum atomic E-state index is 13.6. The number of rotatable bonds is 5. The molecule has 132 valence electrons. The van der Waals surface area contributed by atoms with E-state index in [1.54, 1.807) is 12.3 Å². The minimum atomic E-state index is -0.616. The molecule has 0 unspecified atom stereocenters. The fourth-order valence-electron chi connectivity index (χ4n) is 2.69. The second-order valence-electron chi connectivity index (χ2n) is 5.74. The van der Waals surface area contributed by atoms with Crippen LogP contribution in [-0.2, 0) is 11.2 Å². The van der Waals surface area contributed by atoms with Gasteiger partial charge in [0, 0.05) is 37.6 Å². The molecule has 5 nitrogen and oxygen atoms in total. The Kier molecular flexibility index (Phi) is 5.55. The fraction of sp³-hybridized carbons (Fsp3) is 0.333. The highest BCUT2D eigenvalue weighted by atomic mass is 19.1. The Hall–Kier alpha value is -2.54. The van der Waals surface area contributed by atoms with E-state index in [9.17, 15) is 13.6 Å². The van der Waals surface area contributed by atoms with Gasteiger partial charge in [-0.05, 0) is 30.2 Å². The van der Waals surface area contributed by atoms with Crippen LogP contribution in [0.2, 0.25) is 0 Å². The Labute approximate surface area is 144 Å². The van der Waals surface area contributed by atoms with Gasteiger partial charge in [-0.25, -0.2) is 8.78 Å². The van der Waals surface area contributed by atoms with Gasteiger partial charge in [0.15, 0.2) is 0 Å². The number of hydrogen-bond acceptors (Lipinski definition) is 4. The van der Waals surface area contributed by atoms with E-state index in [2.05, 4.69) is 15.2 Å². The number of carbonyl (C=O) groups excluding carboxylic acids is 1. The van der Waals surface area contributed by atoms with Crippen molar-refractivity contribution in [2.24, 2.45) is 0 Å². The Balaban J connectivity index is 1.57. The van der Waals surface area contributed by atoms with Gasteiger partial charge < -0.3 is 15.0 Å². The van der Waals surface area contributed by atoms with Crippen LogP contribution >= 0.6 is 0 Å². The van der Waals surface area contributed by atoms with Gasteiger partial charge in [-0.3, -0.25) is 9.78 Å². The zero-order chi connectivity index (χ0) is 17.6. The number of carbonyl (C=O) groups is 1. The molecule has 1 N–H and O–H groups in total. The third-order valence-electron chi connectivity index (χ3n) is 4.05. The molecule has 1 amide bonds. The van der Waals surface area contributed by atoms with Crippen molar-refractivity contribution in [2.45, 2.75) is 6.42 Å². The lowest BCUT2D eigenvalue weighted by atomic mass is 10.1. The van der Waals surface area contributed by atoms with E-state index in [0.717, 1.165) is 24.8 Å². The predicted molar refractivity (Wildman–Crippen MR) is 89.7 cm³/mol. The Morgan fingerprint density at radius 1 is 1.20 bits per heavy atom. The number of pyridine rings is 1. The summed E-state index contributed by atoms with van der Waals surface area (Å²) in [4.78, 5) is 18.5. The summed E-state index contributed by atoms with van der Waals surface area (Å²) < 4.78 is 31.8. The number of morpholine rings is 1. The van der Waals surface area contributed by atoms with Crippen molar-refractivity contribution < 1.29 is 18.3 Å². The second kappa shape index (κ2) is 8.02. The SMILES string of the molecule is O=C(NCCc1ccc(F)cc1F)c1cc(N2CCOCC2)ccn1. The molecule has 1 aromatic carbocycles. The minimum absolute atomic E-state index is 0.241. The minimum Gasteiger partial charge on any atom is -0.378 e. The highest BCUT2D eigenvalue weighted by Crippen LogP contribution is 2.16. The van der Waals surface area contributed by atoms with Crippen LogP contribution in [0.4, 0.5) is 14.5 Å². The molecule has 0 radical (unpaired) electrons. The largest absolute Gasteiger partial charge is 0.378 e. The molecule has 1 aromatic heterocycles. The standard InChI is InChI=1S/C18H19F2N3O2/c19-14-2-1-13(16(20)11-14)3-5-22-18(24)17-12-15(4-6-21-17)23-7-9-25-10-8-23/h1-2,4,6,11-12H,3,5,7-10H2,(H,22,24). The fourth-order valence-corrected chi connectivity index (χ4v) is 2.69. The van der Waals surface area contributed by atoms with Crippen LogP contribution in [0.5, 0.6) is 0 Å². The lowest BCUT2D eigenvalue weighted by Crippen LogP contribution is -2.36. The maximum Gasteiger partial charge on any atom is 0.269 e. The zero-order valence-electron chi connectivity index (χ0n) is 13.7. The summed E-state index contributed by atoms with van der Waals surface area (Å²) in [6, 6.07) is 7.02. The highest BCUT2D eigenvalue weighted by molar-refractivity contribution is 5.93. The van der Waals surface area contributed by atoms with E-state index in [-0.39, 0.29) is 18.9 Å². The molecule has 3 rings (SSSR count).